The molecule has 8 heteroatoms. The summed E-state index contributed by atoms with van der Waals surface area (Å²) in [5.74, 6) is 1.04. The highest BCUT2D eigenvalue weighted by Gasteiger charge is 2.30. The van der Waals surface area contributed by atoms with E-state index in [0.717, 1.165) is 53.1 Å². The molecular formula is C24H25ClN6O. The fraction of sp³-hybridized carbons (Fsp3) is 0.333. The lowest BCUT2D eigenvalue weighted by Gasteiger charge is -2.24. The molecule has 4 aromatic rings. The van der Waals surface area contributed by atoms with Gasteiger partial charge in [0.15, 0.2) is 0 Å². The molecule has 0 spiro atoms. The number of halogens is 1. The Balaban J connectivity index is 1.28. The molecule has 0 saturated carbocycles. The smallest absolute Gasteiger partial charge is 0.223 e. The highest BCUT2D eigenvalue weighted by molar-refractivity contribution is 6.31. The lowest BCUT2D eigenvalue weighted by Crippen LogP contribution is -2.31. The minimum Gasteiger partial charge on any atom is -0.334 e. The zero-order valence-corrected chi connectivity index (χ0v) is 19.0. The van der Waals surface area contributed by atoms with Crippen LogP contribution in [0.1, 0.15) is 36.8 Å². The van der Waals surface area contributed by atoms with Gasteiger partial charge in [0.1, 0.15) is 5.82 Å². The molecule has 7 nitrogen and oxygen atoms in total. The van der Waals surface area contributed by atoms with Crippen molar-refractivity contribution in [2.75, 3.05) is 6.54 Å². The Morgan fingerprint density at radius 1 is 1.16 bits per heavy atom. The maximum Gasteiger partial charge on any atom is 0.223 e. The van der Waals surface area contributed by atoms with Gasteiger partial charge in [-0.05, 0) is 37.1 Å². The van der Waals surface area contributed by atoms with Crippen LogP contribution in [0.5, 0.6) is 0 Å². The van der Waals surface area contributed by atoms with E-state index in [1.54, 1.807) is 4.68 Å². The molecule has 1 aromatic carbocycles. The van der Waals surface area contributed by atoms with Crippen LogP contribution in [-0.4, -0.2) is 41.7 Å². The summed E-state index contributed by atoms with van der Waals surface area (Å²) >= 11 is 6.09. The average molecular weight is 449 g/mol. The second kappa shape index (κ2) is 8.39. The minimum absolute atomic E-state index is 0.0321. The topological polar surface area (TPSA) is 68.8 Å². The lowest BCUT2D eigenvalue weighted by molar-refractivity contribution is -0.132. The highest BCUT2D eigenvalue weighted by atomic mass is 35.5. The van der Waals surface area contributed by atoms with E-state index in [1.165, 1.54) is 0 Å². The Morgan fingerprint density at radius 3 is 2.78 bits per heavy atom. The average Bonchev–Trinajstić information content (AvgIpc) is 3.51. The molecule has 4 heterocycles. The number of amides is 1. The molecule has 1 aliphatic rings. The van der Waals surface area contributed by atoms with Gasteiger partial charge in [0, 0.05) is 62.0 Å². The van der Waals surface area contributed by atoms with E-state index in [9.17, 15) is 4.79 Å². The lowest BCUT2D eigenvalue weighted by atomic mass is 10.1. The van der Waals surface area contributed by atoms with Crippen LogP contribution >= 0.6 is 11.6 Å². The molecule has 3 aromatic heterocycles. The number of fused-ring (bicyclic) bond motifs is 1. The Morgan fingerprint density at radius 2 is 2.03 bits per heavy atom. The summed E-state index contributed by atoms with van der Waals surface area (Å²) in [5, 5.41) is 4.89. The van der Waals surface area contributed by atoms with Crippen LogP contribution in [0, 0.1) is 0 Å². The molecule has 32 heavy (non-hydrogen) atoms. The standard InChI is InChI=1S/C24H25ClN6O/c1-29-15-17(14-27-29)16-5-7-19(26-13-16)22-4-3-11-31(22)24(32)10-9-23-28-20-12-18(25)6-8-21(20)30(23)2/h5-8,12-15,22H,3-4,9-11H2,1-2H3. The van der Waals surface area contributed by atoms with Crippen LogP contribution in [0.25, 0.3) is 22.2 Å². The van der Waals surface area contributed by atoms with Gasteiger partial charge in [0.25, 0.3) is 0 Å². The molecular weight excluding hydrogens is 424 g/mol. The zero-order valence-electron chi connectivity index (χ0n) is 18.2. The van der Waals surface area contributed by atoms with Crippen molar-refractivity contribution < 1.29 is 4.79 Å². The second-order valence-electron chi connectivity index (χ2n) is 8.34. The van der Waals surface area contributed by atoms with Crippen molar-refractivity contribution in [2.45, 2.75) is 31.7 Å². The van der Waals surface area contributed by atoms with Gasteiger partial charge in [-0.15, -0.1) is 0 Å². The Hall–Kier alpha value is -3.19. The van der Waals surface area contributed by atoms with Crippen molar-refractivity contribution in [2.24, 2.45) is 14.1 Å². The first-order valence-electron chi connectivity index (χ1n) is 10.8. The van der Waals surface area contributed by atoms with Gasteiger partial charge in [-0.2, -0.15) is 5.10 Å². The predicted octanol–water partition coefficient (Wildman–Crippen LogP) is 4.32. The highest BCUT2D eigenvalue weighted by Crippen LogP contribution is 2.32. The molecule has 0 N–H and O–H groups in total. The third-order valence-electron chi connectivity index (χ3n) is 6.24. The molecule has 5 rings (SSSR count). The number of hydrogen-bond donors (Lipinski definition) is 0. The fourth-order valence-corrected chi connectivity index (χ4v) is 4.69. The normalized spacial score (nSPS) is 16.2. The molecule has 1 aliphatic heterocycles. The van der Waals surface area contributed by atoms with Gasteiger partial charge in [0.2, 0.25) is 5.91 Å². The quantitative estimate of drug-likeness (QED) is 0.456. The van der Waals surface area contributed by atoms with E-state index < -0.39 is 0 Å². The molecule has 164 valence electrons. The van der Waals surface area contributed by atoms with Crippen molar-refractivity contribution in [3.05, 3.63) is 65.5 Å². The van der Waals surface area contributed by atoms with E-state index >= 15 is 0 Å². The molecule has 0 aliphatic carbocycles. The van der Waals surface area contributed by atoms with Gasteiger partial charge in [-0.1, -0.05) is 17.7 Å². The van der Waals surface area contributed by atoms with E-state index in [1.807, 2.05) is 66.4 Å². The number of hydrogen-bond acceptors (Lipinski definition) is 4. The first kappa shape index (κ1) is 20.7. The minimum atomic E-state index is 0.0321. The maximum atomic E-state index is 13.1. The van der Waals surface area contributed by atoms with Crippen molar-refractivity contribution >= 4 is 28.5 Å². The summed E-state index contributed by atoms with van der Waals surface area (Å²) in [6.45, 7) is 0.772. The number of likely N-dealkylation sites (tertiary alicyclic amines) is 1. The summed E-state index contributed by atoms with van der Waals surface area (Å²) in [6, 6.07) is 9.82. The molecule has 0 bridgehead atoms. The van der Waals surface area contributed by atoms with Crippen LogP contribution in [0.4, 0.5) is 0 Å². The Labute approximate surface area is 191 Å². The van der Waals surface area contributed by atoms with Gasteiger partial charge >= 0.3 is 0 Å². The van der Waals surface area contributed by atoms with E-state index in [-0.39, 0.29) is 11.9 Å². The Kier molecular flexibility index (Phi) is 5.43. The summed E-state index contributed by atoms with van der Waals surface area (Å²) in [5.41, 5.74) is 4.89. The van der Waals surface area contributed by atoms with Gasteiger partial charge in [-0.3, -0.25) is 14.5 Å². The largest absolute Gasteiger partial charge is 0.334 e. The number of aryl methyl sites for hydroxylation is 3. The van der Waals surface area contributed by atoms with E-state index in [0.29, 0.717) is 17.9 Å². The predicted molar refractivity (Wildman–Crippen MR) is 124 cm³/mol. The SMILES string of the molecule is Cn1cc(-c2ccc(C3CCCN3C(=O)CCc3nc4cc(Cl)ccc4n3C)nc2)cn1. The molecule has 1 fully saturated rings. The number of carbonyl (C=O) groups excluding carboxylic acids is 1. The number of rotatable bonds is 5. The summed E-state index contributed by atoms with van der Waals surface area (Å²) in [6.07, 6.45) is 8.63. The van der Waals surface area contributed by atoms with Crippen LogP contribution in [0.3, 0.4) is 0 Å². The first-order valence-corrected chi connectivity index (χ1v) is 11.2. The van der Waals surface area contributed by atoms with Crippen molar-refractivity contribution in [1.29, 1.82) is 0 Å². The van der Waals surface area contributed by atoms with Crippen LogP contribution in [-0.2, 0) is 25.3 Å². The number of pyridine rings is 1. The fourth-order valence-electron chi connectivity index (χ4n) is 4.52. The molecule has 1 saturated heterocycles. The maximum absolute atomic E-state index is 13.1. The first-order chi connectivity index (χ1) is 15.5. The van der Waals surface area contributed by atoms with Gasteiger partial charge < -0.3 is 9.47 Å². The molecule has 0 radical (unpaired) electrons. The molecule has 1 atom stereocenters. The van der Waals surface area contributed by atoms with Crippen molar-refractivity contribution in [1.82, 2.24) is 29.2 Å². The summed E-state index contributed by atoms with van der Waals surface area (Å²) < 4.78 is 3.82. The van der Waals surface area contributed by atoms with Gasteiger partial charge in [-0.25, -0.2) is 4.98 Å². The third-order valence-corrected chi connectivity index (χ3v) is 6.47. The number of aromatic nitrogens is 5. The molecule has 1 amide bonds. The monoisotopic (exact) mass is 448 g/mol. The van der Waals surface area contributed by atoms with Crippen LogP contribution < -0.4 is 0 Å². The third kappa shape index (κ3) is 3.88. The number of nitrogens with zero attached hydrogens (tertiary/aromatic N) is 6. The van der Waals surface area contributed by atoms with E-state index in [4.69, 9.17) is 11.6 Å². The second-order valence-corrected chi connectivity index (χ2v) is 8.78. The number of carbonyl (C=O) groups is 1. The number of imidazole rings is 1. The van der Waals surface area contributed by atoms with E-state index in [2.05, 4.69) is 21.1 Å². The Bertz CT molecular complexity index is 1280. The van der Waals surface area contributed by atoms with Crippen molar-refractivity contribution in [3.8, 4) is 11.1 Å². The van der Waals surface area contributed by atoms with Crippen LogP contribution in [0.2, 0.25) is 5.02 Å². The van der Waals surface area contributed by atoms with Crippen molar-refractivity contribution in [3.63, 3.8) is 0 Å². The van der Waals surface area contributed by atoms with Gasteiger partial charge in [0.05, 0.1) is 29.0 Å². The number of benzene rings is 1. The molecule has 1 unspecified atom stereocenters. The van der Waals surface area contributed by atoms with Crippen LogP contribution in [0.15, 0.2) is 48.9 Å². The zero-order chi connectivity index (χ0) is 22.2. The summed E-state index contributed by atoms with van der Waals surface area (Å²) in [7, 11) is 3.88. The summed E-state index contributed by atoms with van der Waals surface area (Å²) in [4.78, 5) is 24.4.